The number of amides is 3. The standard InChI is InChI=1S/C32H36ClN3O5/c1-18-7-4-12-24(19(18)2)35-30(38)28-32-14-13-25(41-32)26(29(37)34-22-10-6-9-21(33)16-22)27(32)31(39)36(28)17-20-8-5-11-23(15-20)40-3/h5-6,8-11,13-16,18-19,24-28H,4,7,12,17H2,1-3H3,(H,34,37)(H,35,38)/t18-,19+,24+,25-,26+,27-,28-,32-/m0/s1. The maximum Gasteiger partial charge on any atom is 0.246 e. The molecule has 1 aliphatic carbocycles. The van der Waals surface area contributed by atoms with E-state index in [-0.39, 0.29) is 30.3 Å². The van der Waals surface area contributed by atoms with Gasteiger partial charge in [-0.25, -0.2) is 0 Å². The maximum atomic E-state index is 14.3. The molecule has 216 valence electrons. The summed E-state index contributed by atoms with van der Waals surface area (Å²) in [5, 5.41) is 6.70. The second kappa shape index (κ2) is 10.8. The average molecular weight is 578 g/mol. The fourth-order valence-corrected chi connectivity index (χ4v) is 7.43. The van der Waals surface area contributed by atoms with E-state index in [2.05, 4.69) is 24.5 Å². The molecule has 0 unspecified atom stereocenters. The van der Waals surface area contributed by atoms with Crippen molar-refractivity contribution in [3.05, 3.63) is 71.3 Å². The highest BCUT2D eigenvalue weighted by Gasteiger charge is 2.72. The summed E-state index contributed by atoms with van der Waals surface area (Å²) in [6, 6.07) is 13.4. The zero-order chi connectivity index (χ0) is 28.9. The molecule has 3 fully saturated rings. The SMILES string of the molecule is COc1cccc(CN2C(=O)[C@@H]3[C@H](C(=O)Nc4cccc(Cl)c4)[C@@H]4C=C[C@@]3(O4)[C@@H]2C(=O)N[C@@H]2CCC[C@H](C)[C@H]2C)c1. The highest BCUT2D eigenvalue weighted by Crippen LogP contribution is 2.55. The molecule has 8 nitrogen and oxygen atoms in total. The van der Waals surface area contributed by atoms with Gasteiger partial charge < -0.3 is 25.0 Å². The van der Waals surface area contributed by atoms with E-state index in [1.165, 1.54) is 0 Å². The van der Waals surface area contributed by atoms with Gasteiger partial charge in [0, 0.05) is 23.3 Å². The molecule has 2 N–H and O–H groups in total. The van der Waals surface area contributed by atoms with Gasteiger partial charge >= 0.3 is 0 Å². The van der Waals surface area contributed by atoms with Crippen LogP contribution in [0.3, 0.4) is 0 Å². The summed E-state index contributed by atoms with van der Waals surface area (Å²) >= 11 is 6.13. The van der Waals surface area contributed by atoms with Crippen molar-refractivity contribution >= 4 is 35.0 Å². The Labute approximate surface area is 245 Å². The van der Waals surface area contributed by atoms with Crippen molar-refractivity contribution in [1.82, 2.24) is 10.2 Å². The van der Waals surface area contributed by atoms with E-state index >= 15 is 0 Å². The van der Waals surface area contributed by atoms with Crippen LogP contribution in [0.1, 0.15) is 38.7 Å². The summed E-state index contributed by atoms with van der Waals surface area (Å²) in [6.07, 6.45) is 6.14. The molecule has 2 saturated heterocycles. The first kappa shape index (κ1) is 27.8. The van der Waals surface area contributed by atoms with Crippen LogP contribution < -0.4 is 15.4 Å². The third-order valence-electron chi connectivity index (χ3n) is 9.54. The molecule has 8 atom stereocenters. The van der Waals surface area contributed by atoms with E-state index in [0.29, 0.717) is 28.3 Å². The van der Waals surface area contributed by atoms with Gasteiger partial charge in [-0.15, -0.1) is 0 Å². The van der Waals surface area contributed by atoms with Crippen molar-refractivity contribution in [2.24, 2.45) is 23.7 Å². The lowest BCUT2D eigenvalue weighted by molar-refractivity contribution is -0.142. The normalized spacial score (nSPS) is 33.5. The van der Waals surface area contributed by atoms with Gasteiger partial charge in [0.25, 0.3) is 0 Å². The molecular formula is C32H36ClN3O5. The van der Waals surface area contributed by atoms with Gasteiger partial charge in [0.05, 0.1) is 25.0 Å². The van der Waals surface area contributed by atoms with Gasteiger partial charge in [0.1, 0.15) is 17.4 Å². The number of carbonyl (C=O) groups is 3. The van der Waals surface area contributed by atoms with Crippen molar-refractivity contribution in [1.29, 1.82) is 0 Å². The zero-order valence-corrected chi connectivity index (χ0v) is 24.3. The van der Waals surface area contributed by atoms with E-state index < -0.39 is 29.6 Å². The first-order chi connectivity index (χ1) is 19.7. The first-order valence-corrected chi connectivity index (χ1v) is 14.8. The number of likely N-dealkylation sites (tertiary alicyclic amines) is 1. The number of benzene rings is 2. The van der Waals surface area contributed by atoms with Crippen molar-refractivity contribution in [2.75, 3.05) is 12.4 Å². The summed E-state index contributed by atoms with van der Waals surface area (Å²) < 4.78 is 11.9. The molecule has 2 bridgehead atoms. The van der Waals surface area contributed by atoms with Gasteiger partial charge in [-0.05, 0) is 54.2 Å². The van der Waals surface area contributed by atoms with Crippen LogP contribution in [-0.2, 0) is 25.7 Å². The highest BCUT2D eigenvalue weighted by atomic mass is 35.5. The van der Waals surface area contributed by atoms with Gasteiger partial charge in [-0.2, -0.15) is 0 Å². The Kier molecular flexibility index (Phi) is 7.32. The Hall–Kier alpha value is -3.36. The number of methoxy groups -OCH3 is 1. The van der Waals surface area contributed by atoms with E-state index in [9.17, 15) is 14.4 Å². The van der Waals surface area contributed by atoms with E-state index in [1.54, 1.807) is 36.3 Å². The fourth-order valence-electron chi connectivity index (χ4n) is 7.24. The number of carbonyl (C=O) groups excluding carboxylic acids is 3. The molecule has 3 heterocycles. The molecule has 2 aromatic carbocycles. The fraction of sp³-hybridized carbons (Fsp3) is 0.469. The molecule has 1 spiro atoms. The average Bonchev–Trinajstić information content (AvgIpc) is 3.59. The van der Waals surface area contributed by atoms with Crippen LogP contribution in [0.15, 0.2) is 60.7 Å². The predicted octanol–water partition coefficient (Wildman–Crippen LogP) is 4.58. The molecule has 2 aromatic rings. The zero-order valence-electron chi connectivity index (χ0n) is 23.5. The van der Waals surface area contributed by atoms with E-state index in [4.69, 9.17) is 21.1 Å². The molecule has 9 heteroatoms. The molecule has 41 heavy (non-hydrogen) atoms. The number of halogens is 1. The van der Waals surface area contributed by atoms with Gasteiger partial charge in [-0.1, -0.05) is 68.6 Å². The largest absolute Gasteiger partial charge is 0.497 e. The number of anilines is 1. The van der Waals surface area contributed by atoms with Gasteiger partial charge in [-0.3, -0.25) is 14.4 Å². The second-order valence-electron chi connectivity index (χ2n) is 11.9. The van der Waals surface area contributed by atoms with Gasteiger partial charge in [0.2, 0.25) is 17.7 Å². The van der Waals surface area contributed by atoms with Crippen molar-refractivity contribution < 1.29 is 23.9 Å². The summed E-state index contributed by atoms with van der Waals surface area (Å²) in [5.41, 5.74) is 0.131. The predicted molar refractivity (Wildman–Crippen MR) is 155 cm³/mol. The lowest BCUT2D eigenvalue weighted by Gasteiger charge is -2.38. The summed E-state index contributed by atoms with van der Waals surface area (Å²) in [6.45, 7) is 4.59. The van der Waals surface area contributed by atoms with Crippen molar-refractivity contribution in [3.8, 4) is 5.75 Å². The summed E-state index contributed by atoms with van der Waals surface area (Å²) in [4.78, 5) is 43.7. The molecule has 0 radical (unpaired) electrons. The molecule has 4 aliphatic rings. The minimum atomic E-state index is -1.23. The number of fused-ring (bicyclic) bond motifs is 1. The van der Waals surface area contributed by atoms with E-state index in [1.807, 2.05) is 36.4 Å². The topological polar surface area (TPSA) is 97.0 Å². The van der Waals surface area contributed by atoms with Crippen molar-refractivity contribution in [2.45, 2.75) is 63.4 Å². The number of rotatable bonds is 7. The monoisotopic (exact) mass is 577 g/mol. The number of ether oxygens (including phenoxy) is 2. The molecule has 0 aromatic heterocycles. The minimum absolute atomic E-state index is 0.0139. The lowest BCUT2D eigenvalue weighted by atomic mass is 9.73. The first-order valence-electron chi connectivity index (χ1n) is 14.4. The Bertz CT molecular complexity index is 1400. The minimum Gasteiger partial charge on any atom is -0.497 e. The Balaban J connectivity index is 1.34. The van der Waals surface area contributed by atoms with Crippen LogP contribution in [0.25, 0.3) is 0 Å². The number of nitrogens with one attached hydrogen (secondary N) is 2. The summed E-state index contributed by atoms with van der Waals surface area (Å²) in [7, 11) is 1.59. The number of hydrogen-bond donors (Lipinski definition) is 2. The Morgan fingerprint density at radius 1 is 1.12 bits per heavy atom. The highest BCUT2D eigenvalue weighted by molar-refractivity contribution is 6.30. The van der Waals surface area contributed by atoms with Crippen LogP contribution in [-0.4, -0.2) is 53.5 Å². The Morgan fingerprint density at radius 3 is 2.71 bits per heavy atom. The summed E-state index contributed by atoms with van der Waals surface area (Å²) in [5.74, 6) is -0.986. The number of hydrogen-bond acceptors (Lipinski definition) is 5. The molecular weight excluding hydrogens is 542 g/mol. The lowest BCUT2D eigenvalue weighted by Crippen LogP contribution is -2.57. The maximum absolute atomic E-state index is 14.3. The van der Waals surface area contributed by atoms with E-state index in [0.717, 1.165) is 24.8 Å². The van der Waals surface area contributed by atoms with Crippen LogP contribution >= 0.6 is 11.6 Å². The van der Waals surface area contributed by atoms with Crippen molar-refractivity contribution in [3.63, 3.8) is 0 Å². The smallest absolute Gasteiger partial charge is 0.246 e. The molecule has 3 aliphatic heterocycles. The number of nitrogens with zero attached hydrogens (tertiary/aromatic N) is 1. The van der Waals surface area contributed by atoms with Gasteiger partial charge in [0.15, 0.2) is 0 Å². The van der Waals surface area contributed by atoms with Crippen LogP contribution in [0.4, 0.5) is 5.69 Å². The molecule has 1 saturated carbocycles. The third kappa shape index (κ3) is 4.81. The van der Waals surface area contributed by atoms with Crippen LogP contribution in [0, 0.1) is 23.7 Å². The quantitative estimate of drug-likeness (QED) is 0.470. The molecule has 3 amide bonds. The second-order valence-corrected chi connectivity index (χ2v) is 12.3. The van der Waals surface area contributed by atoms with Crippen LogP contribution in [0.5, 0.6) is 5.75 Å². The third-order valence-corrected chi connectivity index (χ3v) is 9.77. The van der Waals surface area contributed by atoms with Crippen LogP contribution in [0.2, 0.25) is 5.02 Å². The Morgan fingerprint density at radius 2 is 1.93 bits per heavy atom. The molecule has 6 rings (SSSR count).